The van der Waals surface area contributed by atoms with Crippen molar-refractivity contribution < 1.29 is 14.7 Å². The number of nitrogens with zero attached hydrogens (tertiary/aromatic N) is 1. The Morgan fingerprint density at radius 1 is 1.03 bits per heavy atom. The van der Waals surface area contributed by atoms with Gasteiger partial charge in [-0.05, 0) is 69.0 Å². The normalized spacial score (nSPS) is 14.7. The maximum Gasteiger partial charge on any atom is 0.251 e. The Hall–Kier alpha value is -3.68. The number of hydrogen-bond donors (Lipinski definition) is 4. The van der Waals surface area contributed by atoms with Crippen LogP contribution >= 0.6 is 0 Å². The van der Waals surface area contributed by atoms with Crippen LogP contribution in [0.25, 0.3) is 0 Å². The van der Waals surface area contributed by atoms with E-state index in [-0.39, 0.29) is 11.8 Å². The van der Waals surface area contributed by atoms with Crippen LogP contribution in [0, 0.1) is 6.92 Å². The minimum atomic E-state index is -0.788. The second-order valence-electron chi connectivity index (χ2n) is 10.2. The van der Waals surface area contributed by atoms with Crippen molar-refractivity contribution in [2.75, 3.05) is 36.4 Å². The van der Waals surface area contributed by atoms with E-state index in [1.54, 1.807) is 17.0 Å². The summed E-state index contributed by atoms with van der Waals surface area (Å²) in [6.07, 6.45) is 1.91. The summed E-state index contributed by atoms with van der Waals surface area (Å²) in [6.45, 7) is 6.49. The first-order chi connectivity index (χ1) is 18.9. The van der Waals surface area contributed by atoms with Gasteiger partial charge in [-0.1, -0.05) is 60.2 Å². The maximum atomic E-state index is 13.5. The molecule has 4 N–H and O–H groups in total. The number of nitrogens with one attached hydrogen (secondary N) is 3. The summed E-state index contributed by atoms with van der Waals surface area (Å²) in [5.74, 6) is -0.202. The van der Waals surface area contributed by atoms with Crippen LogP contribution in [0.4, 0.5) is 11.4 Å². The summed E-state index contributed by atoms with van der Waals surface area (Å²) >= 11 is 0. The molecule has 2 amide bonds. The Bertz CT molecular complexity index is 1230. The molecule has 0 spiro atoms. The molecule has 3 aromatic rings. The van der Waals surface area contributed by atoms with Gasteiger partial charge >= 0.3 is 0 Å². The fourth-order valence-electron chi connectivity index (χ4n) is 4.91. The molecule has 1 fully saturated rings. The number of aliphatic hydroxyl groups is 1. The zero-order chi connectivity index (χ0) is 27.6. The van der Waals surface area contributed by atoms with Gasteiger partial charge in [0.05, 0.1) is 12.1 Å². The van der Waals surface area contributed by atoms with Crippen LogP contribution in [0.5, 0.6) is 0 Å². The van der Waals surface area contributed by atoms with Crippen LogP contribution in [0.15, 0.2) is 72.8 Å². The molecule has 1 heterocycles. The molecule has 1 aliphatic heterocycles. The third kappa shape index (κ3) is 8.15. The zero-order valence-corrected chi connectivity index (χ0v) is 23.0. The molecule has 39 heavy (non-hydrogen) atoms. The monoisotopic (exact) mass is 528 g/mol. The molecular formula is C32H40N4O3. The van der Waals surface area contributed by atoms with Crippen molar-refractivity contribution in [3.05, 3.63) is 95.1 Å². The molecule has 0 radical (unpaired) electrons. The highest BCUT2D eigenvalue weighted by atomic mass is 16.3. The first-order valence-corrected chi connectivity index (χ1v) is 13.9. The van der Waals surface area contributed by atoms with Crippen molar-refractivity contribution in [1.82, 2.24) is 10.6 Å². The Labute approximate surface area is 231 Å². The van der Waals surface area contributed by atoms with Gasteiger partial charge in [0.15, 0.2) is 0 Å². The molecule has 3 aromatic carbocycles. The van der Waals surface area contributed by atoms with E-state index in [0.717, 1.165) is 36.3 Å². The van der Waals surface area contributed by atoms with E-state index in [1.807, 2.05) is 43.3 Å². The fourth-order valence-corrected chi connectivity index (χ4v) is 4.91. The number of carbonyl (C=O) groups excluding carboxylic acids is 2. The summed E-state index contributed by atoms with van der Waals surface area (Å²) in [7, 11) is 0. The van der Waals surface area contributed by atoms with Crippen LogP contribution in [0.3, 0.4) is 0 Å². The number of anilines is 2. The average molecular weight is 529 g/mol. The topological polar surface area (TPSA) is 93.7 Å². The molecule has 2 atom stereocenters. The fraction of sp³-hybridized carbons (Fsp3) is 0.375. The van der Waals surface area contributed by atoms with Crippen molar-refractivity contribution in [1.29, 1.82) is 0 Å². The summed E-state index contributed by atoms with van der Waals surface area (Å²) in [6, 6.07) is 23.3. The van der Waals surface area contributed by atoms with E-state index in [0.29, 0.717) is 38.0 Å². The Kier molecular flexibility index (Phi) is 10.1. The first kappa shape index (κ1) is 28.3. The van der Waals surface area contributed by atoms with E-state index < -0.39 is 12.1 Å². The van der Waals surface area contributed by atoms with Gasteiger partial charge in [-0.3, -0.25) is 9.59 Å². The standard InChI is InChI=1S/C32H40N4O3/c1-3-34-27-19-26(20-28(21-27)36-17-7-10-31(36)38)32(39)35-29(18-25-8-5-4-6-9-25)30(37)22-33-16-15-24-13-11-23(2)12-14-24/h4-6,8-9,11-14,19-21,29-30,33-34,37H,3,7,10,15-18,22H2,1-2H3,(H,35,39)/t29-,30+/m0/s1. The van der Waals surface area contributed by atoms with E-state index in [4.69, 9.17) is 0 Å². The van der Waals surface area contributed by atoms with Gasteiger partial charge in [0.2, 0.25) is 5.91 Å². The molecule has 206 valence electrons. The second kappa shape index (κ2) is 13.9. The highest BCUT2D eigenvalue weighted by Crippen LogP contribution is 2.27. The van der Waals surface area contributed by atoms with Crippen LogP contribution in [-0.4, -0.2) is 55.2 Å². The number of aliphatic hydroxyl groups excluding tert-OH is 1. The molecular weight excluding hydrogens is 488 g/mol. The largest absolute Gasteiger partial charge is 0.390 e. The highest BCUT2D eigenvalue weighted by molar-refractivity contribution is 6.00. The third-order valence-electron chi connectivity index (χ3n) is 7.09. The summed E-state index contributed by atoms with van der Waals surface area (Å²) in [5, 5.41) is 20.9. The van der Waals surface area contributed by atoms with Gasteiger partial charge < -0.3 is 26.0 Å². The maximum absolute atomic E-state index is 13.5. The quantitative estimate of drug-likeness (QED) is 0.251. The van der Waals surface area contributed by atoms with Crippen LogP contribution in [-0.2, 0) is 17.6 Å². The highest BCUT2D eigenvalue weighted by Gasteiger charge is 2.25. The van der Waals surface area contributed by atoms with Gasteiger partial charge in [-0.25, -0.2) is 0 Å². The Balaban J connectivity index is 1.46. The number of rotatable bonds is 13. The average Bonchev–Trinajstić information content (AvgIpc) is 3.38. The summed E-state index contributed by atoms with van der Waals surface area (Å²) in [4.78, 5) is 27.7. The predicted octanol–water partition coefficient (Wildman–Crippen LogP) is 4.09. The molecule has 0 saturated carbocycles. The van der Waals surface area contributed by atoms with Gasteiger partial charge in [0.25, 0.3) is 5.91 Å². The first-order valence-electron chi connectivity index (χ1n) is 13.9. The van der Waals surface area contributed by atoms with E-state index >= 15 is 0 Å². The Morgan fingerprint density at radius 2 is 1.79 bits per heavy atom. The number of aryl methyl sites for hydroxylation is 1. The van der Waals surface area contributed by atoms with E-state index in [9.17, 15) is 14.7 Å². The molecule has 1 saturated heterocycles. The molecule has 0 aromatic heterocycles. The molecule has 7 nitrogen and oxygen atoms in total. The van der Waals surface area contributed by atoms with Crippen molar-refractivity contribution in [2.45, 2.75) is 51.7 Å². The lowest BCUT2D eigenvalue weighted by atomic mass is 10.00. The SMILES string of the molecule is CCNc1cc(C(=O)N[C@@H](Cc2ccccc2)[C@H](O)CNCCc2ccc(C)cc2)cc(N2CCCC2=O)c1. The van der Waals surface area contributed by atoms with Crippen molar-refractivity contribution in [3.63, 3.8) is 0 Å². The number of hydrogen-bond acceptors (Lipinski definition) is 5. The van der Waals surface area contributed by atoms with Gasteiger partial charge in [0.1, 0.15) is 0 Å². The van der Waals surface area contributed by atoms with Crippen LogP contribution in [0.2, 0.25) is 0 Å². The van der Waals surface area contributed by atoms with Crippen molar-refractivity contribution in [2.24, 2.45) is 0 Å². The van der Waals surface area contributed by atoms with Gasteiger partial charge in [0, 0.05) is 43.0 Å². The number of amides is 2. The summed E-state index contributed by atoms with van der Waals surface area (Å²) < 4.78 is 0. The molecule has 0 aliphatic carbocycles. The lowest BCUT2D eigenvalue weighted by molar-refractivity contribution is -0.117. The van der Waals surface area contributed by atoms with Crippen LogP contribution in [0.1, 0.15) is 46.8 Å². The molecule has 4 rings (SSSR count). The minimum Gasteiger partial charge on any atom is -0.390 e. The molecule has 1 aliphatic rings. The van der Waals surface area contributed by atoms with E-state index in [1.165, 1.54) is 11.1 Å². The summed E-state index contributed by atoms with van der Waals surface area (Å²) in [5.41, 5.74) is 5.48. The van der Waals surface area contributed by atoms with Crippen molar-refractivity contribution in [3.8, 4) is 0 Å². The third-order valence-corrected chi connectivity index (χ3v) is 7.09. The Morgan fingerprint density at radius 3 is 2.49 bits per heavy atom. The zero-order valence-electron chi connectivity index (χ0n) is 23.0. The number of benzene rings is 3. The smallest absolute Gasteiger partial charge is 0.251 e. The van der Waals surface area contributed by atoms with Gasteiger partial charge in [-0.15, -0.1) is 0 Å². The van der Waals surface area contributed by atoms with Gasteiger partial charge in [-0.2, -0.15) is 0 Å². The minimum absolute atomic E-state index is 0.0732. The van der Waals surface area contributed by atoms with Crippen LogP contribution < -0.4 is 20.9 Å². The lowest BCUT2D eigenvalue weighted by Gasteiger charge is -2.25. The van der Waals surface area contributed by atoms with Crippen molar-refractivity contribution >= 4 is 23.2 Å². The second-order valence-corrected chi connectivity index (χ2v) is 10.2. The predicted molar refractivity (Wildman–Crippen MR) is 157 cm³/mol. The molecule has 0 unspecified atom stereocenters. The van der Waals surface area contributed by atoms with E-state index in [2.05, 4.69) is 47.1 Å². The molecule has 7 heteroatoms. The molecule has 0 bridgehead atoms. The lowest BCUT2D eigenvalue weighted by Crippen LogP contribution is -2.49. The number of carbonyl (C=O) groups is 2.